The maximum Gasteiger partial charge on any atom is 0.413 e. The first-order valence-corrected chi connectivity index (χ1v) is 11.5. The number of benzene rings is 2. The molecule has 2 atom stereocenters. The van der Waals surface area contributed by atoms with Crippen molar-refractivity contribution in [2.24, 2.45) is 5.92 Å². The number of rotatable bonds is 4. The zero-order chi connectivity index (χ0) is 21.4. The van der Waals surface area contributed by atoms with Gasteiger partial charge in [-0.05, 0) is 41.5 Å². The second-order valence-corrected chi connectivity index (χ2v) is 9.00. The van der Waals surface area contributed by atoms with E-state index in [0.717, 1.165) is 12.8 Å². The van der Waals surface area contributed by atoms with Crippen LogP contribution in [0.5, 0.6) is 0 Å². The van der Waals surface area contributed by atoms with E-state index in [4.69, 9.17) is 9.47 Å². The number of fused-ring (bicyclic) bond motifs is 3. The average Bonchev–Trinajstić information content (AvgIpc) is 3.26. The summed E-state index contributed by atoms with van der Waals surface area (Å²) >= 11 is 0. The Morgan fingerprint density at radius 3 is 2.26 bits per heavy atom. The third-order valence-corrected chi connectivity index (χ3v) is 7.11. The second-order valence-electron chi connectivity index (χ2n) is 9.00. The lowest BCUT2D eigenvalue weighted by molar-refractivity contribution is -0.142. The Hall–Kier alpha value is -2.82. The topological polar surface area (TPSA) is 55.8 Å². The Morgan fingerprint density at radius 1 is 1.00 bits per heavy atom. The van der Waals surface area contributed by atoms with Gasteiger partial charge in [-0.25, -0.2) is 9.59 Å². The van der Waals surface area contributed by atoms with Crippen molar-refractivity contribution >= 4 is 12.1 Å². The van der Waals surface area contributed by atoms with E-state index in [0.29, 0.717) is 12.3 Å². The molecule has 2 aromatic carbocycles. The molecule has 5 heteroatoms. The van der Waals surface area contributed by atoms with Gasteiger partial charge in [-0.3, -0.25) is 4.90 Å². The van der Waals surface area contributed by atoms with E-state index < -0.39 is 18.4 Å². The van der Waals surface area contributed by atoms with Crippen LogP contribution in [0, 0.1) is 5.92 Å². The molecule has 1 saturated heterocycles. The number of ether oxygens (including phenoxy) is 2. The third-order valence-electron chi connectivity index (χ3n) is 7.11. The van der Waals surface area contributed by atoms with E-state index in [9.17, 15) is 9.59 Å². The number of carbonyl (C=O) groups excluding carboxylic acids is 2. The highest BCUT2D eigenvalue weighted by Gasteiger charge is 2.45. The molecule has 31 heavy (non-hydrogen) atoms. The van der Waals surface area contributed by atoms with Crippen LogP contribution >= 0.6 is 0 Å². The van der Waals surface area contributed by atoms with Gasteiger partial charge >= 0.3 is 12.1 Å². The Balaban J connectivity index is 1.31. The Kier molecular flexibility index (Phi) is 5.43. The Labute approximate surface area is 183 Å². The Morgan fingerprint density at radius 2 is 1.61 bits per heavy atom. The molecular formula is C26H29NO4. The molecule has 3 aliphatic rings. The largest absolute Gasteiger partial charge is 0.448 e. The van der Waals surface area contributed by atoms with Gasteiger partial charge in [0, 0.05) is 5.92 Å². The molecular weight excluding hydrogens is 390 g/mol. The Bertz CT molecular complexity index is 935. The number of nitrogens with zero attached hydrogens (tertiary/aromatic N) is 1. The summed E-state index contributed by atoms with van der Waals surface area (Å²) in [5.74, 6) is 0.176. The number of amides is 1. The maximum absolute atomic E-state index is 13.1. The van der Waals surface area contributed by atoms with Crippen LogP contribution in [0.25, 0.3) is 11.1 Å². The number of hydrogen-bond acceptors (Lipinski definition) is 4. The predicted octanol–water partition coefficient (Wildman–Crippen LogP) is 5.48. The first-order valence-electron chi connectivity index (χ1n) is 11.5. The first-order chi connectivity index (χ1) is 15.1. The summed E-state index contributed by atoms with van der Waals surface area (Å²) in [6.45, 7) is 2.00. The highest BCUT2D eigenvalue weighted by atomic mass is 16.6. The van der Waals surface area contributed by atoms with E-state index in [2.05, 4.69) is 24.3 Å². The number of carbonyl (C=O) groups is 2. The van der Waals surface area contributed by atoms with Crippen molar-refractivity contribution in [1.29, 1.82) is 0 Å². The molecule has 1 heterocycles. The number of esters is 1. The summed E-state index contributed by atoms with van der Waals surface area (Å²) in [4.78, 5) is 27.1. The monoisotopic (exact) mass is 419 g/mol. The fraction of sp³-hybridized carbons (Fsp3) is 0.462. The first kappa shape index (κ1) is 20.1. The summed E-state index contributed by atoms with van der Waals surface area (Å²) < 4.78 is 11.2. The summed E-state index contributed by atoms with van der Waals surface area (Å²) in [6.07, 6.45) is 5.54. The van der Waals surface area contributed by atoms with Gasteiger partial charge in [0.2, 0.25) is 0 Å². The molecule has 0 radical (unpaired) electrons. The van der Waals surface area contributed by atoms with Gasteiger partial charge in [-0.1, -0.05) is 80.6 Å². The van der Waals surface area contributed by atoms with Gasteiger partial charge in [-0.2, -0.15) is 0 Å². The molecule has 5 rings (SSSR count). The van der Waals surface area contributed by atoms with Crippen molar-refractivity contribution in [3.8, 4) is 11.1 Å². The van der Waals surface area contributed by atoms with Crippen LogP contribution in [0.1, 0.15) is 62.5 Å². The minimum atomic E-state index is -0.586. The molecule has 0 aromatic heterocycles. The van der Waals surface area contributed by atoms with Crippen molar-refractivity contribution in [2.75, 3.05) is 6.61 Å². The molecule has 0 bridgehead atoms. The summed E-state index contributed by atoms with van der Waals surface area (Å²) in [7, 11) is 0. The minimum Gasteiger partial charge on any atom is -0.448 e. The van der Waals surface area contributed by atoms with Crippen LogP contribution in [0.3, 0.4) is 0 Å². The molecule has 1 amide bonds. The molecule has 0 N–H and O–H groups in total. The van der Waals surface area contributed by atoms with Gasteiger partial charge in [0.25, 0.3) is 0 Å². The molecule has 2 aliphatic carbocycles. The van der Waals surface area contributed by atoms with Crippen molar-refractivity contribution in [2.45, 2.75) is 63.6 Å². The predicted molar refractivity (Wildman–Crippen MR) is 117 cm³/mol. The quantitative estimate of drug-likeness (QED) is 0.616. The molecule has 2 aromatic rings. The normalized spacial score (nSPS) is 23.4. The smallest absolute Gasteiger partial charge is 0.413 e. The molecule has 1 aliphatic heterocycles. The molecule has 2 fully saturated rings. The van der Waals surface area contributed by atoms with Crippen LogP contribution in [0.4, 0.5) is 4.79 Å². The lowest BCUT2D eigenvalue weighted by Crippen LogP contribution is -2.43. The van der Waals surface area contributed by atoms with Crippen LogP contribution in [0.2, 0.25) is 0 Å². The number of cyclic esters (lactones) is 1. The van der Waals surface area contributed by atoms with Crippen LogP contribution in [0.15, 0.2) is 48.5 Å². The van der Waals surface area contributed by atoms with E-state index >= 15 is 0 Å². The second kappa shape index (κ2) is 8.37. The highest BCUT2D eigenvalue weighted by molar-refractivity contribution is 5.84. The van der Waals surface area contributed by atoms with Crippen molar-refractivity contribution in [3.63, 3.8) is 0 Å². The fourth-order valence-corrected chi connectivity index (χ4v) is 5.56. The molecule has 1 unspecified atom stereocenters. The van der Waals surface area contributed by atoms with E-state index in [1.165, 1.54) is 46.4 Å². The summed E-state index contributed by atoms with van der Waals surface area (Å²) in [6, 6.07) is 16.0. The molecule has 0 spiro atoms. The molecule has 5 nitrogen and oxygen atoms in total. The van der Waals surface area contributed by atoms with Crippen LogP contribution in [-0.4, -0.2) is 35.8 Å². The standard InChI is InChI=1S/C26H29NO4/c1-17-27(24(25(28)31-17)15-18-9-3-2-4-10-18)26(29)30-16-23-21-13-7-5-11-19(21)20-12-6-8-14-22(20)23/h5-8,11-14,17-18,23-24H,2-4,9-10,15-16H2,1H3/t17?,24-/m0/s1. The van der Waals surface area contributed by atoms with Crippen molar-refractivity contribution in [1.82, 2.24) is 4.90 Å². The average molecular weight is 420 g/mol. The van der Waals surface area contributed by atoms with Gasteiger partial charge in [-0.15, -0.1) is 0 Å². The minimum absolute atomic E-state index is 0.00248. The zero-order valence-electron chi connectivity index (χ0n) is 18.0. The van der Waals surface area contributed by atoms with Crippen molar-refractivity contribution < 1.29 is 19.1 Å². The lowest BCUT2D eigenvalue weighted by atomic mass is 9.84. The zero-order valence-corrected chi connectivity index (χ0v) is 18.0. The number of hydrogen-bond donors (Lipinski definition) is 0. The summed E-state index contributed by atoms with van der Waals surface area (Å²) in [5.41, 5.74) is 4.75. The van der Waals surface area contributed by atoms with E-state index in [-0.39, 0.29) is 18.5 Å². The van der Waals surface area contributed by atoms with Gasteiger partial charge in [0.05, 0.1) is 0 Å². The van der Waals surface area contributed by atoms with E-state index in [1.54, 1.807) is 6.92 Å². The van der Waals surface area contributed by atoms with Crippen LogP contribution in [-0.2, 0) is 14.3 Å². The van der Waals surface area contributed by atoms with Crippen molar-refractivity contribution in [3.05, 3.63) is 59.7 Å². The maximum atomic E-state index is 13.1. The van der Waals surface area contributed by atoms with Gasteiger partial charge in [0.15, 0.2) is 6.23 Å². The lowest BCUT2D eigenvalue weighted by Gasteiger charge is -2.28. The highest BCUT2D eigenvalue weighted by Crippen LogP contribution is 2.44. The SMILES string of the molecule is CC1OC(=O)[C@H](CC2CCCCC2)N1C(=O)OCC1c2ccccc2-c2ccccc21. The fourth-order valence-electron chi connectivity index (χ4n) is 5.56. The van der Waals surface area contributed by atoms with E-state index in [1.807, 2.05) is 24.3 Å². The van der Waals surface area contributed by atoms with Crippen LogP contribution < -0.4 is 0 Å². The van der Waals surface area contributed by atoms with Gasteiger partial charge in [0.1, 0.15) is 12.6 Å². The summed E-state index contributed by atoms with van der Waals surface area (Å²) in [5, 5.41) is 0. The molecule has 162 valence electrons. The molecule has 1 saturated carbocycles. The third kappa shape index (κ3) is 3.71. The van der Waals surface area contributed by atoms with Gasteiger partial charge < -0.3 is 9.47 Å².